The van der Waals surface area contributed by atoms with Crippen molar-refractivity contribution < 1.29 is 59.4 Å². The highest BCUT2D eigenvalue weighted by Gasteiger charge is 2.42. The number of carboxylic acids is 6. The first-order valence-electron chi connectivity index (χ1n) is 12.7. The van der Waals surface area contributed by atoms with Crippen molar-refractivity contribution in [3.63, 3.8) is 0 Å². The van der Waals surface area contributed by atoms with Crippen LogP contribution >= 0.6 is 0 Å². The van der Waals surface area contributed by atoms with Gasteiger partial charge in [-0.25, -0.2) is 4.79 Å². The molecule has 1 atom stereocenters. The van der Waals surface area contributed by atoms with Gasteiger partial charge in [0.2, 0.25) is 0 Å². The van der Waals surface area contributed by atoms with Crippen LogP contribution in [0.15, 0.2) is 24.3 Å². The first kappa shape index (κ1) is 35.7. The van der Waals surface area contributed by atoms with Gasteiger partial charge in [0, 0.05) is 45.0 Å². The van der Waals surface area contributed by atoms with Crippen molar-refractivity contribution in [2.45, 2.75) is 12.5 Å². The number of nitrogens with zero attached hydrogens (tertiary/aromatic N) is 4. The summed E-state index contributed by atoms with van der Waals surface area (Å²) in [6.07, 6.45) is 0. The minimum atomic E-state index is -1.92. The maximum atomic E-state index is 12.6. The van der Waals surface area contributed by atoms with Gasteiger partial charge in [-0.2, -0.15) is 0 Å². The van der Waals surface area contributed by atoms with Gasteiger partial charge in [0.15, 0.2) is 0 Å². The quantitative estimate of drug-likeness (QED) is 0.0765. The maximum Gasteiger partial charge on any atom is 0.328 e. The Kier molecular flexibility index (Phi) is 14.3. The average Bonchev–Trinajstić information content (AvgIpc) is 2.87. The lowest BCUT2D eigenvalue weighted by Gasteiger charge is -2.38. The standard InChI is InChI=1S/C25H37N5O12/c1-25(24(41)42,17-2-4-18(5-3-17)29(7-6-26)15-22(37)38)30(16-23(39)40)11-10-27(12-19(31)32)8-9-28(13-20(33)34)14-21(35)36/h2-5H,6-16,26H2,1H3,(H,31,32)(H,33,34)(H,35,36)(H,37,38)(H,39,40)(H,41,42)/t25-/m1/s1. The minimum Gasteiger partial charge on any atom is -0.480 e. The number of aliphatic carboxylic acids is 6. The summed E-state index contributed by atoms with van der Waals surface area (Å²) in [5, 5.41) is 56.4. The number of rotatable bonds is 22. The second-order valence-electron chi connectivity index (χ2n) is 9.51. The van der Waals surface area contributed by atoms with Gasteiger partial charge in [0.1, 0.15) is 12.1 Å². The molecule has 17 heteroatoms. The third-order valence-electron chi connectivity index (χ3n) is 6.39. The summed E-state index contributed by atoms with van der Waals surface area (Å²) in [5.41, 5.74) is 4.26. The highest BCUT2D eigenvalue weighted by atomic mass is 16.4. The molecule has 0 saturated carbocycles. The topological polar surface area (TPSA) is 263 Å². The van der Waals surface area contributed by atoms with Crippen LogP contribution in [0.4, 0.5) is 5.69 Å². The average molecular weight is 600 g/mol. The van der Waals surface area contributed by atoms with Crippen molar-refractivity contribution >= 4 is 41.5 Å². The van der Waals surface area contributed by atoms with Crippen LogP contribution in [-0.2, 0) is 34.3 Å². The molecule has 0 saturated heterocycles. The van der Waals surface area contributed by atoms with Crippen molar-refractivity contribution in [1.82, 2.24) is 14.7 Å². The zero-order chi connectivity index (χ0) is 32.0. The van der Waals surface area contributed by atoms with Crippen LogP contribution < -0.4 is 10.6 Å². The summed E-state index contributed by atoms with van der Waals surface area (Å²) in [4.78, 5) is 74.2. The van der Waals surface area contributed by atoms with E-state index >= 15 is 0 Å². The summed E-state index contributed by atoms with van der Waals surface area (Å²) in [7, 11) is 0. The fourth-order valence-corrected chi connectivity index (χ4v) is 4.28. The van der Waals surface area contributed by atoms with E-state index in [4.69, 9.17) is 15.9 Å². The lowest BCUT2D eigenvalue weighted by Crippen LogP contribution is -2.54. The first-order valence-corrected chi connectivity index (χ1v) is 12.7. The number of nitrogens with two attached hydrogens (primary N) is 1. The molecule has 0 fully saturated rings. The molecule has 0 amide bonds. The van der Waals surface area contributed by atoms with E-state index in [1.54, 1.807) is 0 Å². The lowest BCUT2D eigenvalue weighted by molar-refractivity contribution is -0.155. The van der Waals surface area contributed by atoms with E-state index in [2.05, 4.69) is 0 Å². The molecular weight excluding hydrogens is 562 g/mol. The molecule has 42 heavy (non-hydrogen) atoms. The fraction of sp³-hybridized carbons (Fsp3) is 0.520. The number of hydrogen-bond donors (Lipinski definition) is 7. The zero-order valence-electron chi connectivity index (χ0n) is 23.1. The Morgan fingerprint density at radius 2 is 1.05 bits per heavy atom. The fourth-order valence-electron chi connectivity index (χ4n) is 4.28. The number of carbonyl (C=O) groups is 6. The van der Waals surface area contributed by atoms with E-state index in [0.29, 0.717) is 5.69 Å². The largest absolute Gasteiger partial charge is 0.480 e. The number of carboxylic acid groups (broad SMARTS) is 6. The van der Waals surface area contributed by atoms with Crippen molar-refractivity contribution in [1.29, 1.82) is 0 Å². The van der Waals surface area contributed by atoms with E-state index in [1.165, 1.54) is 41.0 Å². The second-order valence-corrected chi connectivity index (χ2v) is 9.51. The first-order chi connectivity index (χ1) is 19.6. The summed E-state index contributed by atoms with van der Waals surface area (Å²) >= 11 is 0. The van der Waals surface area contributed by atoms with Gasteiger partial charge in [-0.3, -0.25) is 38.7 Å². The summed E-state index contributed by atoms with van der Waals surface area (Å²) < 4.78 is 0. The third kappa shape index (κ3) is 11.7. The molecule has 1 rings (SSSR count). The molecule has 0 unspecified atom stereocenters. The van der Waals surface area contributed by atoms with Crippen molar-refractivity contribution in [3.8, 4) is 0 Å². The van der Waals surface area contributed by atoms with Gasteiger partial charge in [-0.1, -0.05) is 12.1 Å². The van der Waals surface area contributed by atoms with Crippen LogP contribution in [0.1, 0.15) is 12.5 Å². The molecular formula is C25H37N5O12. The molecule has 0 bridgehead atoms. The molecule has 0 heterocycles. The van der Waals surface area contributed by atoms with E-state index in [0.717, 1.165) is 9.80 Å². The SMILES string of the molecule is C[C@](C(=O)O)(c1ccc(N(CCN)CC(=O)O)cc1)N(CCN(CCN(CC(=O)O)CC(=O)O)CC(=O)O)CC(=O)O. The van der Waals surface area contributed by atoms with Crippen LogP contribution in [0.2, 0.25) is 0 Å². The molecule has 0 radical (unpaired) electrons. The van der Waals surface area contributed by atoms with E-state index < -0.39 is 67.5 Å². The molecule has 0 aromatic heterocycles. The van der Waals surface area contributed by atoms with E-state index in [9.17, 15) is 49.2 Å². The minimum absolute atomic E-state index is 0.104. The molecule has 0 spiro atoms. The van der Waals surface area contributed by atoms with Gasteiger partial charge in [-0.15, -0.1) is 0 Å². The zero-order valence-corrected chi connectivity index (χ0v) is 23.1. The Morgan fingerprint density at radius 3 is 1.48 bits per heavy atom. The summed E-state index contributed by atoms with van der Waals surface area (Å²) in [5.74, 6) is -7.69. The molecule has 8 N–H and O–H groups in total. The molecule has 1 aromatic rings. The predicted octanol–water partition coefficient (Wildman–Crippen LogP) is -1.92. The monoisotopic (exact) mass is 599 g/mol. The van der Waals surface area contributed by atoms with Gasteiger partial charge in [0.25, 0.3) is 0 Å². The van der Waals surface area contributed by atoms with Gasteiger partial charge in [0.05, 0.1) is 26.2 Å². The van der Waals surface area contributed by atoms with Gasteiger partial charge < -0.3 is 41.3 Å². The molecule has 0 aliphatic rings. The number of anilines is 1. The van der Waals surface area contributed by atoms with Crippen LogP contribution in [0.3, 0.4) is 0 Å². The normalized spacial score (nSPS) is 12.7. The summed E-state index contributed by atoms with van der Waals surface area (Å²) in [6, 6.07) is 5.83. The molecule has 0 aliphatic carbocycles. The molecule has 0 aliphatic heterocycles. The molecule has 1 aromatic carbocycles. The predicted molar refractivity (Wildman–Crippen MR) is 145 cm³/mol. The van der Waals surface area contributed by atoms with Crippen LogP contribution in [0.5, 0.6) is 0 Å². The smallest absolute Gasteiger partial charge is 0.328 e. The number of benzene rings is 1. The summed E-state index contributed by atoms with van der Waals surface area (Å²) in [6.45, 7) is -1.88. The Labute approximate surface area is 240 Å². The third-order valence-corrected chi connectivity index (χ3v) is 6.39. The van der Waals surface area contributed by atoms with E-state index in [1.807, 2.05) is 0 Å². The van der Waals surface area contributed by atoms with E-state index in [-0.39, 0.29) is 51.4 Å². The van der Waals surface area contributed by atoms with Crippen molar-refractivity contribution in [2.75, 3.05) is 76.9 Å². The molecule has 17 nitrogen and oxygen atoms in total. The van der Waals surface area contributed by atoms with Crippen LogP contribution in [0, 0.1) is 0 Å². The van der Waals surface area contributed by atoms with Gasteiger partial charge >= 0.3 is 35.8 Å². The van der Waals surface area contributed by atoms with Crippen molar-refractivity contribution in [3.05, 3.63) is 29.8 Å². The highest BCUT2D eigenvalue weighted by molar-refractivity contribution is 5.82. The Morgan fingerprint density at radius 1 is 0.619 bits per heavy atom. The van der Waals surface area contributed by atoms with Crippen LogP contribution in [-0.4, -0.2) is 153 Å². The highest BCUT2D eigenvalue weighted by Crippen LogP contribution is 2.30. The molecule has 234 valence electrons. The van der Waals surface area contributed by atoms with Gasteiger partial charge in [-0.05, 0) is 24.6 Å². The second kappa shape index (κ2) is 16.8. The Hall–Kier alpha value is -4.32. The Bertz CT molecular complexity index is 1100. The maximum absolute atomic E-state index is 12.6. The lowest BCUT2D eigenvalue weighted by atomic mass is 9.89. The Balaban J connectivity index is 3.28. The number of hydrogen-bond acceptors (Lipinski definition) is 11. The van der Waals surface area contributed by atoms with Crippen LogP contribution in [0.25, 0.3) is 0 Å². The van der Waals surface area contributed by atoms with Crippen molar-refractivity contribution in [2.24, 2.45) is 5.73 Å².